The van der Waals surface area contributed by atoms with E-state index >= 15 is 0 Å². The fourth-order valence-corrected chi connectivity index (χ4v) is 5.64. The Hall–Kier alpha value is -2.50. The predicted octanol–water partition coefficient (Wildman–Crippen LogP) is 4.94. The van der Waals surface area contributed by atoms with E-state index in [1.165, 1.54) is 11.4 Å². The Labute approximate surface area is 217 Å². The van der Waals surface area contributed by atoms with E-state index in [9.17, 15) is 21.6 Å². The van der Waals surface area contributed by atoms with Crippen LogP contribution in [0.2, 0.25) is 0 Å². The summed E-state index contributed by atoms with van der Waals surface area (Å²) in [5.41, 5.74) is -0.866. The van der Waals surface area contributed by atoms with Gasteiger partial charge >= 0.3 is 6.18 Å². The quantitative estimate of drug-likeness (QED) is 0.297. The Morgan fingerprint density at radius 3 is 2.30 bits per heavy atom. The number of halogens is 3. The van der Waals surface area contributed by atoms with Crippen molar-refractivity contribution in [1.29, 1.82) is 0 Å². The van der Waals surface area contributed by atoms with Crippen molar-refractivity contribution in [3.63, 3.8) is 0 Å². The average Bonchev–Trinajstić information content (AvgIpc) is 2.86. The molecule has 37 heavy (non-hydrogen) atoms. The van der Waals surface area contributed by atoms with Gasteiger partial charge in [0.05, 0.1) is 17.1 Å². The number of hydrogen-bond donors (Lipinski definition) is 0. The predicted molar refractivity (Wildman–Crippen MR) is 137 cm³/mol. The van der Waals surface area contributed by atoms with Crippen molar-refractivity contribution in [1.82, 2.24) is 14.3 Å². The third-order valence-corrected chi connectivity index (χ3v) is 8.48. The number of rotatable bonds is 11. The van der Waals surface area contributed by atoms with Gasteiger partial charge in [0.1, 0.15) is 11.6 Å². The minimum atomic E-state index is -4.50. The maximum absolute atomic E-state index is 12.8. The molecule has 0 spiro atoms. The van der Waals surface area contributed by atoms with E-state index in [4.69, 9.17) is 4.74 Å². The molecule has 11 heteroatoms. The molecule has 204 valence electrons. The summed E-state index contributed by atoms with van der Waals surface area (Å²) in [6.45, 7) is 4.12. The zero-order valence-corrected chi connectivity index (χ0v) is 22.3. The van der Waals surface area contributed by atoms with Crippen LogP contribution in [0.25, 0.3) is 0 Å². The highest BCUT2D eigenvalue weighted by Gasteiger charge is 2.32. The molecule has 2 aromatic rings. The first-order chi connectivity index (χ1) is 17.5. The highest BCUT2D eigenvalue weighted by atomic mass is 32.2. The van der Waals surface area contributed by atoms with Crippen molar-refractivity contribution in [2.24, 2.45) is 11.8 Å². The highest BCUT2D eigenvalue weighted by molar-refractivity contribution is 7.89. The van der Waals surface area contributed by atoms with Crippen molar-refractivity contribution >= 4 is 15.8 Å². The Kier molecular flexibility index (Phi) is 10.1. The Bertz CT molecular complexity index is 1130. The molecule has 0 saturated heterocycles. The molecule has 0 N–H and O–H groups in total. The van der Waals surface area contributed by atoms with E-state index in [0.717, 1.165) is 61.6 Å². The second-order valence-electron chi connectivity index (χ2n) is 9.55. The Balaban J connectivity index is 1.35. The molecule has 1 saturated carbocycles. The van der Waals surface area contributed by atoms with Crippen LogP contribution in [0.3, 0.4) is 0 Å². The summed E-state index contributed by atoms with van der Waals surface area (Å²) in [5.74, 6) is 2.26. The van der Waals surface area contributed by atoms with Crippen molar-refractivity contribution < 1.29 is 26.3 Å². The van der Waals surface area contributed by atoms with Crippen LogP contribution >= 0.6 is 0 Å². The van der Waals surface area contributed by atoms with E-state index in [1.54, 1.807) is 6.20 Å². The smallest absolute Gasteiger partial charge is 0.377 e. The summed E-state index contributed by atoms with van der Waals surface area (Å²) in [6.07, 6.45) is 4.97. The van der Waals surface area contributed by atoms with Crippen molar-refractivity contribution in [3.05, 3.63) is 60.1 Å². The van der Waals surface area contributed by atoms with Crippen molar-refractivity contribution in [2.45, 2.75) is 43.7 Å². The van der Waals surface area contributed by atoms with Gasteiger partial charge in [-0.15, -0.1) is 0 Å². The van der Waals surface area contributed by atoms with Gasteiger partial charge in [0.2, 0.25) is 10.0 Å². The summed E-state index contributed by atoms with van der Waals surface area (Å²) in [7, 11) is -0.386. The zero-order valence-electron chi connectivity index (χ0n) is 21.5. The van der Waals surface area contributed by atoms with Gasteiger partial charge in [-0.3, -0.25) is 0 Å². The number of aromatic nitrogens is 2. The number of anilines is 1. The van der Waals surface area contributed by atoms with Crippen molar-refractivity contribution in [2.75, 3.05) is 45.3 Å². The van der Waals surface area contributed by atoms with Crippen LogP contribution in [-0.2, 0) is 20.9 Å². The number of aryl methyl sites for hydroxylation is 1. The zero-order chi connectivity index (χ0) is 27.1. The summed E-state index contributed by atoms with van der Waals surface area (Å²) >= 11 is 0. The van der Waals surface area contributed by atoms with E-state index in [2.05, 4.69) is 9.97 Å². The topological polar surface area (TPSA) is 75.6 Å². The molecule has 0 aliphatic heterocycles. The lowest BCUT2D eigenvalue weighted by molar-refractivity contribution is -0.137. The SMILES string of the molecule is Cc1nccc(N(C)CC=CCOCC2CCC(CN(C)S(=O)(=O)c3ccc(C(F)(F)F)cc3)CC2)n1. The van der Waals surface area contributed by atoms with Gasteiger partial charge in [0.25, 0.3) is 0 Å². The first-order valence-electron chi connectivity index (χ1n) is 12.3. The van der Waals surface area contributed by atoms with Crippen LogP contribution in [0.15, 0.2) is 53.6 Å². The third-order valence-electron chi connectivity index (χ3n) is 6.64. The van der Waals surface area contributed by atoms with Gasteiger partial charge in [-0.2, -0.15) is 13.2 Å². The van der Waals surface area contributed by atoms with E-state index < -0.39 is 21.8 Å². The number of ether oxygens (including phenoxy) is 1. The minimum Gasteiger partial charge on any atom is -0.377 e. The maximum Gasteiger partial charge on any atom is 0.416 e. The van der Waals surface area contributed by atoms with Crippen LogP contribution in [0.1, 0.15) is 37.1 Å². The number of benzene rings is 1. The van der Waals surface area contributed by atoms with Crippen LogP contribution in [0.5, 0.6) is 0 Å². The molecule has 7 nitrogen and oxygen atoms in total. The third kappa shape index (κ3) is 8.51. The summed E-state index contributed by atoms with van der Waals surface area (Å²) in [5, 5.41) is 0. The standard InChI is InChI=1S/C26H35F3N4O3S/c1-20-30-15-14-25(31-20)32(2)16-4-5-17-36-19-22-8-6-21(7-9-22)18-33(3)37(34,35)24-12-10-23(11-13-24)26(27,28)29/h4-5,10-15,21-22H,6-9,16-19H2,1-3H3. The molecule has 0 bridgehead atoms. The summed E-state index contributed by atoms with van der Waals surface area (Å²) in [4.78, 5) is 10.4. The first kappa shape index (κ1) is 29.1. The first-order valence-corrected chi connectivity index (χ1v) is 13.8. The summed E-state index contributed by atoms with van der Waals surface area (Å²) in [6, 6.07) is 5.52. The van der Waals surface area contributed by atoms with Crippen LogP contribution in [0.4, 0.5) is 19.0 Å². The van der Waals surface area contributed by atoms with E-state index in [0.29, 0.717) is 32.2 Å². The lowest BCUT2D eigenvalue weighted by Crippen LogP contribution is -2.34. The van der Waals surface area contributed by atoms with Gasteiger partial charge in [-0.25, -0.2) is 22.7 Å². The lowest BCUT2D eigenvalue weighted by atomic mass is 9.82. The largest absolute Gasteiger partial charge is 0.416 e. The normalized spacial score (nSPS) is 19.0. The number of alkyl halides is 3. The Morgan fingerprint density at radius 2 is 1.68 bits per heavy atom. The monoisotopic (exact) mass is 540 g/mol. The fraction of sp³-hybridized carbons (Fsp3) is 0.538. The molecule has 3 rings (SSSR count). The maximum atomic E-state index is 12.8. The molecular formula is C26H35F3N4O3S. The number of likely N-dealkylation sites (N-methyl/N-ethyl adjacent to an activating group) is 1. The lowest BCUT2D eigenvalue weighted by Gasteiger charge is -2.30. The van der Waals surface area contributed by atoms with Crippen LogP contribution in [0, 0.1) is 18.8 Å². The molecule has 1 aromatic heterocycles. The van der Waals surface area contributed by atoms with E-state index in [-0.39, 0.29) is 10.8 Å². The second-order valence-corrected chi connectivity index (χ2v) is 11.6. The fourth-order valence-electron chi connectivity index (χ4n) is 4.39. The molecule has 0 unspecified atom stereocenters. The molecule has 1 aromatic carbocycles. The summed E-state index contributed by atoms with van der Waals surface area (Å²) < 4.78 is 71.0. The molecular weight excluding hydrogens is 505 g/mol. The van der Waals surface area contributed by atoms with Gasteiger partial charge in [-0.05, 0) is 74.8 Å². The van der Waals surface area contributed by atoms with Gasteiger partial charge in [0, 0.05) is 40.0 Å². The van der Waals surface area contributed by atoms with Gasteiger partial charge in [-0.1, -0.05) is 12.2 Å². The molecule has 1 aliphatic rings. The molecule has 1 heterocycles. The number of hydrogen-bond acceptors (Lipinski definition) is 6. The van der Waals surface area contributed by atoms with Crippen LogP contribution in [-0.4, -0.2) is 63.1 Å². The average molecular weight is 541 g/mol. The molecule has 0 radical (unpaired) electrons. The Morgan fingerprint density at radius 1 is 1.03 bits per heavy atom. The molecule has 1 fully saturated rings. The highest BCUT2D eigenvalue weighted by Crippen LogP contribution is 2.32. The number of sulfonamides is 1. The molecule has 0 atom stereocenters. The van der Waals surface area contributed by atoms with Crippen molar-refractivity contribution in [3.8, 4) is 0 Å². The minimum absolute atomic E-state index is 0.128. The van der Waals surface area contributed by atoms with Gasteiger partial charge < -0.3 is 9.64 Å². The molecule has 0 amide bonds. The second kappa shape index (κ2) is 12.8. The van der Waals surface area contributed by atoms with Gasteiger partial charge in [0.15, 0.2) is 0 Å². The number of nitrogens with zero attached hydrogens (tertiary/aromatic N) is 4. The molecule has 1 aliphatic carbocycles. The van der Waals surface area contributed by atoms with E-state index in [1.807, 2.05) is 37.1 Å². The van der Waals surface area contributed by atoms with Crippen LogP contribution < -0.4 is 4.90 Å².